The maximum atomic E-state index is 6.62. The largest absolute Gasteiger partial charge is 0.458 e. The van der Waals surface area contributed by atoms with Crippen LogP contribution in [0.4, 0.5) is 0 Å². The SMILES string of the molecule is c1ccc2c(c1)Oc1cccc3c1B2c1ccc(-c2ccccc2-c2cccc4c2ccc2cc5ccccc5cc24)cc1O3. The van der Waals surface area contributed by atoms with E-state index < -0.39 is 0 Å². The standard InChI is InChI=1S/C42H25BO2/c1-2-10-27-24-35-28(23-26(27)9-1)19-21-34-32(13-7-14-33(34)35)31-12-4-3-11-30(31)29-20-22-37-41(25-29)45-40-18-8-17-39-42(40)43(37)36-15-5-6-16-38(36)44-39/h1-25H. The van der Waals surface area contributed by atoms with Crippen molar-refractivity contribution in [2.45, 2.75) is 0 Å². The molecule has 0 saturated carbocycles. The van der Waals surface area contributed by atoms with Crippen LogP contribution in [0.25, 0.3) is 54.6 Å². The zero-order valence-electron chi connectivity index (χ0n) is 24.3. The molecule has 0 bridgehead atoms. The van der Waals surface area contributed by atoms with E-state index in [9.17, 15) is 0 Å². The van der Waals surface area contributed by atoms with Crippen molar-refractivity contribution >= 4 is 55.4 Å². The lowest BCUT2D eigenvalue weighted by Gasteiger charge is -2.33. The molecule has 0 aromatic heterocycles. The highest BCUT2D eigenvalue weighted by molar-refractivity contribution is 6.98. The van der Waals surface area contributed by atoms with Crippen LogP contribution in [-0.2, 0) is 0 Å². The van der Waals surface area contributed by atoms with Crippen molar-refractivity contribution in [2.75, 3.05) is 0 Å². The fourth-order valence-electron chi connectivity index (χ4n) is 7.53. The molecule has 0 saturated heterocycles. The van der Waals surface area contributed by atoms with Gasteiger partial charge in [-0.25, -0.2) is 0 Å². The Bertz CT molecular complexity index is 2510. The maximum absolute atomic E-state index is 6.62. The van der Waals surface area contributed by atoms with E-state index >= 15 is 0 Å². The van der Waals surface area contributed by atoms with Crippen LogP contribution in [0.1, 0.15) is 0 Å². The third-order valence-electron chi connectivity index (χ3n) is 9.58. The van der Waals surface area contributed by atoms with Crippen LogP contribution in [0.3, 0.4) is 0 Å². The molecule has 8 aromatic carbocycles. The molecule has 2 aliphatic heterocycles. The van der Waals surface area contributed by atoms with Crippen LogP contribution in [-0.4, -0.2) is 6.71 Å². The van der Waals surface area contributed by atoms with E-state index in [4.69, 9.17) is 9.47 Å². The van der Waals surface area contributed by atoms with Crippen molar-refractivity contribution in [1.82, 2.24) is 0 Å². The monoisotopic (exact) mass is 572 g/mol. The Labute approximate surface area is 261 Å². The van der Waals surface area contributed by atoms with Crippen molar-refractivity contribution in [1.29, 1.82) is 0 Å². The van der Waals surface area contributed by atoms with Gasteiger partial charge in [-0.15, -0.1) is 0 Å². The van der Waals surface area contributed by atoms with E-state index in [-0.39, 0.29) is 6.71 Å². The molecule has 2 aliphatic rings. The topological polar surface area (TPSA) is 18.5 Å². The summed E-state index contributed by atoms with van der Waals surface area (Å²) in [5, 5.41) is 7.59. The Hall–Kier alpha value is -5.80. The average molecular weight is 572 g/mol. The van der Waals surface area contributed by atoms with Gasteiger partial charge >= 0.3 is 0 Å². The fourth-order valence-corrected chi connectivity index (χ4v) is 7.53. The number of rotatable bonds is 2. The summed E-state index contributed by atoms with van der Waals surface area (Å²) in [6, 6.07) is 54.4. The van der Waals surface area contributed by atoms with E-state index in [1.54, 1.807) is 0 Å². The Kier molecular flexibility index (Phi) is 5.12. The van der Waals surface area contributed by atoms with Crippen LogP contribution < -0.4 is 25.9 Å². The normalized spacial score (nSPS) is 12.8. The molecule has 8 aromatic rings. The Morgan fingerprint density at radius 1 is 0.356 bits per heavy atom. The molecule has 10 rings (SSSR count). The van der Waals surface area contributed by atoms with Gasteiger partial charge in [-0.2, -0.15) is 0 Å². The molecule has 2 heterocycles. The van der Waals surface area contributed by atoms with Gasteiger partial charge in [0.1, 0.15) is 23.0 Å². The van der Waals surface area contributed by atoms with Crippen molar-refractivity contribution in [2.24, 2.45) is 0 Å². The fraction of sp³-hybridized carbons (Fsp3) is 0. The van der Waals surface area contributed by atoms with Crippen LogP contribution >= 0.6 is 0 Å². The smallest absolute Gasteiger partial charge is 0.260 e. The summed E-state index contributed by atoms with van der Waals surface area (Å²) in [6.45, 7) is 0.0663. The summed E-state index contributed by atoms with van der Waals surface area (Å²) in [5.74, 6) is 3.53. The number of para-hydroxylation sites is 1. The minimum atomic E-state index is 0.0663. The first-order chi connectivity index (χ1) is 22.3. The molecule has 0 aliphatic carbocycles. The van der Waals surface area contributed by atoms with Crippen LogP contribution in [0.5, 0.6) is 23.0 Å². The van der Waals surface area contributed by atoms with E-state index in [0.29, 0.717) is 0 Å². The van der Waals surface area contributed by atoms with Gasteiger partial charge in [-0.1, -0.05) is 115 Å². The van der Waals surface area contributed by atoms with Crippen molar-refractivity contribution in [3.63, 3.8) is 0 Å². The number of hydrogen-bond acceptors (Lipinski definition) is 2. The lowest BCUT2D eigenvalue weighted by molar-refractivity contribution is 0.464. The van der Waals surface area contributed by atoms with E-state index in [0.717, 1.165) is 39.5 Å². The van der Waals surface area contributed by atoms with E-state index in [1.165, 1.54) is 54.5 Å². The second kappa shape index (κ2) is 9.35. The van der Waals surface area contributed by atoms with Crippen molar-refractivity contribution in [3.8, 4) is 45.3 Å². The zero-order valence-corrected chi connectivity index (χ0v) is 24.3. The molecule has 2 nitrogen and oxygen atoms in total. The summed E-state index contributed by atoms with van der Waals surface area (Å²) in [7, 11) is 0. The molecule has 0 amide bonds. The third kappa shape index (κ3) is 3.65. The van der Waals surface area contributed by atoms with Gasteiger partial charge in [0, 0.05) is 5.46 Å². The summed E-state index contributed by atoms with van der Waals surface area (Å²) in [5.41, 5.74) is 8.19. The first-order valence-electron chi connectivity index (χ1n) is 15.5. The zero-order chi connectivity index (χ0) is 29.5. The first kappa shape index (κ1) is 24.6. The summed E-state index contributed by atoms with van der Waals surface area (Å²) in [4.78, 5) is 0. The van der Waals surface area contributed by atoms with Crippen LogP contribution in [0.2, 0.25) is 0 Å². The number of hydrogen-bond donors (Lipinski definition) is 0. The molecule has 0 unspecified atom stereocenters. The predicted molar refractivity (Wildman–Crippen MR) is 188 cm³/mol. The van der Waals surface area contributed by atoms with Crippen LogP contribution in [0.15, 0.2) is 152 Å². The molecule has 0 N–H and O–H groups in total. The van der Waals surface area contributed by atoms with Gasteiger partial charge < -0.3 is 9.47 Å². The maximum Gasteiger partial charge on any atom is 0.260 e. The minimum Gasteiger partial charge on any atom is -0.458 e. The summed E-state index contributed by atoms with van der Waals surface area (Å²) >= 11 is 0. The quantitative estimate of drug-likeness (QED) is 0.117. The minimum absolute atomic E-state index is 0.0663. The number of ether oxygens (including phenoxy) is 2. The second-order valence-corrected chi connectivity index (χ2v) is 12.0. The molecule has 3 heteroatoms. The van der Waals surface area contributed by atoms with Gasteiger partial charge in [0.05, 0.1) is 0 Å². The first-order valence-corrected chi connectivity index (χ1v) is 15.5. The van der Waals surface area contributed by atoms with Gasteiger partial charge in [0.25, 0.3) is 6.71 Å². The summed E-state index contributed by atoms with van der Waals surface area (Å²) < 4.78 is 12.9. The highest BCUT2D eigenvalue weighted by Crippen LogP contribution is 2.41. The van der Waals surface area contributed by atoms with Crippen molar-refractivity contribution < 1.29 is 9.47 Å². The summed E-state index contributed by atoms with van der Waals surface area (Å²) in [6.07, 6.45) is 0. The van der Waals surface area contributed by atoms with Gasteiger partial charge in [-0.05, 0) is 102 Å². The molecule has 208 valence electrons. The molecular formula is C42H25BO2. The Morgan fingerprint density at radius 3 is 1.91 bits per heavy atom. The number of fused-ring (bicyclic) bond motifs is 8. The lowest BCUT2D eigenvalue weighted by Crippen LogP contribution is -2.57. The third-order valence-corrected chi connectivity index (χ3v) is 9.58. The highest BCUT2D eigenvalue weighted by atomic mass is 16.5. The molecule has 0 fully saturated rings. The molecule has 0 spiro atoms. The number of benzene rings is 8. The molecule has 0 atom stereocenters. The van der Waals surface area contributed by atoms with Gasteiger partial charge in [-0.3, -0.25) is 0 Å². The predicted octanol–water partition coefficient (Wildman–Crippen LogP) is 9.21. The van der Waals surface area contributed by atoms with Crippen LogP contribution in [0, 0.1) is 0 Å². The average Bonchev–Trinajstić information content (AvgIpc) is 3.10. The molecule has 45 heavy (non-hydrogen) atoms. The molecular weight excluding hydrogens is 547 g/mol. The second-order valence-electron chi connectivity index (χ2n) is 12.0. The van der Waals surface area contributed by atoms with Gasteiger partial charge in [0.2, 0.25) is 0 Å². The Morgan fingerprint density at radius 2 is 1.02 bits per heavy atom. The lowest BCUT2D eigenvalue weighted by atomic mass is 9.35. The van der Waals surface area contributed by atoms with E-state index in [2.05, 4.69) is 133 Å². The molecule has 0 radical (unpaired) electrons. The Balaban J connectivity index is 1.14. The highest BCUT2D eigenvalue weighted by Gasteiger charge is 2.39. The van der Waals surface area contributed by atoms with Gasteiger partial charge in [0.15, 0.2) is 0 Å². The van der Waals surface area contributed by atoms with E-state index in [1.807, 2.05) is 18.2 Å². The van der Waals surface area contributed by atoms with Crippen molar-refractivity contribution in [3.05, 3.63) is 152 Å².